The summed E-state index contributed by atoms with van der Waals surface area (Å²) in [6, 6.07) is 12.0. The van der Waals surface area contributed by atoms with Crippen LogP contribution in [-0.4, -0.2) is 48.4 Å². The number of nitrogens with one attached hydrogen (secondary N) is 1. The van der Waals surface area contributed by atoms with Crippen LogP contribution in [0, 0.1) is 6.92 Å². The van der Waals surface area contributed by atoms with Crippen LogP contribution in [0.1, 0.15) is 48.9 Å². The summed E-state index contributed by atoms with van der Waals surface area (Å²) in [7, 11) is 0. The van der Waals surface area contributed by atoms with Gasteiger partial charge in [-0.3, -0.25) is 19.6 Å². The van der Waals surface area contributed by atoms with Gasteiger partial charge in [-0.2, -0.15) is 0 Å². The summed E-state index contributed by atoms with van der Waals surface area (Å²) in [4.78, 5) is 44.5. The highest BCUT2D eigenvalue weighted by Gasteiger charge is 2.50. The Labute approximate surface area is 208 Å². The highest BCUT2D eigenvalue weighted by Crippen LogP contribution is 2.41. The van der Waals surface area contributed by atoms with Gasteiger partial charge in [0.1, 0.15) is 11.8 Å². The van der Waals surface area contributed by atoms with Crippen LogP contribution >= 0.6 is 0 Å². The summed E-state index contributed by atoms with van der Waals surface area (Å²) in [5.74, 6) is -2.90. The van der Waals surface area contributed by atoms with Crippen LogP contribution in [0.25, 0.3) is 11.4 Å². The molecule has 2 aromatic carbocycles. The first kappa shape index (κ1) is 24.9. The van der Waals surface area contributed by atoms with Crippen LogP contribution in [0.15, 0.2) is 72.8 Å². The van der Waals surface area contributed by atoms with Crippen molar-refractivity contribution in [3.05, 3.63) is 89.5 Å². The molecule has 1 fully saturated rings. The average molecular weight is 489 g/mol. The van der Waals surface area contributed by atoms with E-state index in [-0.39, 0.29) is 17.8 Å². The van der Waals surface area contributed by atoms with Gasteiger partial charge >= 0.3 is 0 Å². The second-order valence-corrected chi connectivity index (χ2v) is 8.77. The number of carbonyl (C=O) groups excluding carboxylic acids is 3. The number of ketones is 1. The molecule has 9 nitrogen and oxygen atoms in total. The standard InChI is InChI=1S/C27H28N4O5/c1-3-4-8-21(26(34)29-36)31-23(19-7-5-6-17(2)15-19)22(25(33)27(31)35)24(32)18-9-11-20(12-10-18)30-14-13-28-16-30/h5-7,9-16,21,23,32,36H,3-4,8H2,1-2H3,(H,29,34)/b24-22+. The molecule has 1 saturated heterocycles. The molecule has 1 aliphatic rings. The SMILES string of the molecule is CCCCC(C(=O)NO)N1C(=O)C(=O)/C(=C(/O)c2ccc(-n3ccnc3)cc2)C1c1cccc(C)c1. The zero-order valence-corrected chi connectivity index (χ0v) is 20.1. The zero-order chi connectivity index (χ0) is 25.8. The van der Waals surface area contributed by atoms with Crippen molar-refractivity contribution in [1.29, 1.82) is 0 Å². The molecule has 36 heavy (non-hydrogen) atoms. The van der Waals surface area contributed by atoms with Crippen molar-refractivity contribution in [3.63, 3.8) is 0 Å². The van der Waals surface area contributed by atoms with Crippen molar-refractivity contribution in [2.45, 2.75) is 45.2 Å². The van der Waals surface area contributed by atoms with Crippen LogP contribution in [0.4, 0.5) is 0 Å². The lowest BCUT2D eigenvalue weighted by Crippen LogP contribution is -2.48. The maximum atomic E-state index is 13.3. The lowest BCUT2D eigenvalue weighted by atomic mass is 9.93. The third kappa shape index (κ3) is 4.65. The number of imidazole rings is 1. The van der Waals surface area contributed by atoms with Gasteiger partial charge in [-0.15, -0.1) is 0 Å². The first-order valence-corrected chi connectivity index (χ1v) is 11.8. The monoisotopic (exact) mass is 488 g/mol. The molecule has 3 N–H and O–H groups in total. The number of carbonyl (C=O) groups is 3. The number of hydroxylamine groups is 1. The van der Waals surface area contributed by atoms with Crippen LogP contribution in [-0.2, 0) is 14.4 Å². The quantitative estimate of drug-likeness (QED) is 0.146. The average Bonchev–Trinajstić information content (AvgIpc) is 3.52. The molecule has 0 radical (unpaired) electrons. The van der Waals surface area contributed by atoms with Crippen LogP contribution in [0.2, 0.25) is 0 Å². The van der Waals surface area contributed by atoms with Crippen molar-refractivity contribution in [1.82, 2.24) is 19.9 Å². The summed E-state index contributed by atoms with van der Waals surface area (Å²) in [6.07, 6.45) is 6.66. The molecule has 186 valence electrons. The third-order valence-electron chi connectivity index (χ3n) is 6.36. The number of hydrogen-bond donors (Lipinski definition) is 3. The summed E-state index contributed by atoms with van der Waals surface area (Å²) in [5, 5.41) is 20.7. The Morgan fingerprint density at radius 2 is 1.92 bits per heavy atom. The summed E-state index contributed by atoms with van der Waals surface area (Å²) >= 11 is 0. The molecule has 4 rings (SSSR count). The molecule has 0 aliphatic carbocycles. The van der Waals surface area contributed by atoms with Gasteiger partial charge < -0.3 is 14.6 Å². The predicted molar refractivity (Wildman–Crippen MR) is 132 cm³/mol. The maximum absolute atomic E-state index is 13.3. The molecule has 2 atom stereocenters. The normalized spacial score (nSPS) is 17.9. The van der Waals surface area contributed by atoms with Crippen molar-refractivity contribution in [3.8, 4) is 5.69 Å². The van der Waals surface area contributed by atoms with Crippen molar-refractivity contribution in [2.24, 2.45) is 0 Å². The van der Waals surface area contributed by atoms with Crippen LogP contribution in [0.3, 0.4) is 0 Å². The molecule has 1 aromatic heterocycles. The van der Waals surface area contributed by atoms with Gasteiger partial charge in [-0.1, -0.05) is 49.6 Å². The molecule has 2 amide bonds. The summed E-state index contributed by atoms with van der Waals surface area (Å²) < 4.78 is 1.79. The highest BCUT2D eigenvalue weighted by atomic mass is 16.5. The van der Waals surface area contributed by atoms with E-state index in [1.807, 2.05) is 26.0 Å². The Hall–Kier alpha value is -4.24. The molecule has 0 saturated carbocycles. The minimum absolute atomic E-state index is 0.104. The van der Waals surface area contributed by atoms with E-state index < -0.39 is 29.7 Å². The number of aryl methyl sites for hydroxylation is 1. The molecule has 3 aromatic rings. The van der Waals surface area contributed by atoms with E-state index in [0.717, 1.165) is 17.7 Å². The first-order chi connectivity index (χ1) is 17.4. The van der Waals surface area contributed by atoms with Crippen molar-refractivity contribution in [2.75, 3.05) is 0 Å². The number of hydrogen-bond acceptors (Lipinski definition) is 6. The second-order valence-electron chi connectivity index (χ2n) is 8.77. The molecule has 2 unspecified atom stereocenters. The fraction of sp³-hybridized carbons (Fsp3) is 0.259. The summed E-state index contributed by atoms with van der Waals surface area (Å²) in [5.41, 5.74) is 4.16. The molecular weight excluding hydrogens is 460 g/mol. The number of Topliss-reactive ketones (excluding diaryl/α,β-unsaturated/α-hetero) is 1. The van der Waals surface area contributed by atoms with Crippen molar-refractivity contribution >= 4 is 23.4 Å². The van der Waals surface area contributed by atoms with Gasteiger partial charge in [-0.05, 0) is 43.2 Å². The molecule has 0 bridgehead atoms. The Kier molecular flexibility index (Phi) is 7.30. The number of aliphatic hydroxyl groups excluding tert-OH is 1. The number of unbranched alkanes of at least 4 members (excludes halogenated alkanes) is 1. The Bertz CT molecular complexity index is 1300. The van der Waals surface area contributed by atoms with Gasteiger partial charge in [0.15, 0.2) is 0 Å². The largest absolute Gasteiger partial charge is 0.507 e. The fourth-order valence-corrected chi connectivity index (χ4v) is 4.57. The van der Waals surface area contributed by atoms with Crippen molar-refractivity contribution < 1.29 is 24.7 Å². The Morgan fingerprint density at radius 3 is 2.53 bits per heavy atom. The Morgan fingerprint density at radius 1 is 1.17 bits per heavy atom. The molecule has 1 aliphatic heterocycles. The zero-order valence-electron chi connectivity index (χ0n) is 20.1. The molecule has 2 heterocycles. The van der Waals surface area contributed by atoms with Gasteiger partial charge in [-0.25, -0.2) is 10.5 Å². The van der Waals surface area contributed by atoms with E-state index in [0.29, 0.717) is 17.5 Å². The minimum atomic E-state index is -1.09. The number of aromatic nitrogens is 2. The van der Waals surface area contributed by atoms with E-state index in [4.69, 9.17) is 0 Å². The smallest absolute Gasteiger partial charge is 0.296 e. The number of amides is 2. The molecule has 9 heteroatoms. The lowest BCUT2D eigenvalue weighted by molar-refractivity contribution is -0.147. The number of aliphatic hydroxyl groups is 1. The number of benzene rings is 2. The van der Waals surface area contributed by atoms with Gasteiger partial charge in [0.25, 0.3) is 17.6 Å². The lowest BCUT2D eigenvalue weighted by Gasteiger charge is -2.32. The minimum Gasteiger partial charge on any atom is -0.507 e. The second kappa shape index (κ2) is 10.6. The predicted octanol–water partition coefficient (Wildman–Crippen LogP) is 3.67. The first-order valence-electron chi connectivity index (χ1n) is 11.8. The molecule has 0 spiro atoms. The molecular formula is C27H28N4O5. The van der Waals surface area contributed by atoms with Gasteiger partial charge in [0.05, 0.1) is 17.9 Å². The number of rotatable bonds is 8. The number of nitrogens with zero attached hydrogens (tertiary/aromatic N) is 3. The topological polar surface area (TPSA) is 125 Å². The van der Waals surface area contributed by atoms with Crippen LogP contribution in [0.5, 0.6) is 0 Å². The van der Waals surface area contributed by atoms with Gasteiger partial charge in [0, 0.05) is 23.6 Å². The highest BCUT2D eigenvalue weighted by molar-refractivity contribution is 6.47. The van der Waals surface area contributed by atoms with Gasteiger partial charge in [0.2, 0.25) is 0 Å². The number of likely N-dealkylation sites (tertiary alicyclic amines) is 1. The van der Waals surface area contributed by atoms with E-state index >= 15 is 0 Å². The maximum Gasteiger partial charge on any atom is 0.296 e. The van der Waals surface area contributed by atoms with E-state index in [1.165, 1.54) is 4.90 Å². The van der Waals surface area contributed by atoms with E-state index in [9.17, 15) is 24.7 Å². The third-order valence-corrected chi connectivity index (χ3v) is 6.36. The van der Waals surface area contributed by atoms with E-state index in [1.54, 1.807) is 65.2 Å². The van der Waals surface area contributed by atoms with E-state index in [2.05, 4.69) is 4.98 Å². The fourth-order valence-electron chi connectivity index (χ4n) is 4.57. The summed E-state index contributed by atoms with van der Waals surface area (Å²) in [6.45, 7) is 3.81. The van der Waals surface area contributed by atoms with Crippen LogP contribution < -0.4 is 5.48 Å². The Balaban J connectivity index is 1.85.